The molecule has 146 valence electrons. The van der Waals surface area contributed by atoms with E-state index in [9.17, 15) is 9.59 Å². The van der Waals surface area contributed by atoms with Gasteiger partial charge in [0.2, 0.25) is 0 Å². The van der Waals surface area contributed by atoms with Gasteiger partial charge in [0, 0.05) is 14.3 Å². The number of fused-ring (bicyclic) bond motifs is 2. The summed E-state index contributed by atoms with van der Waals surface area (Å²) in [5.41, 5.74) is 1.85. The van der Waals surface area contributed by atoms with Crippen LogP contribution in [-0.4, -0.2) is 25.6 Å². The van der Waals surface area contributed by atoms with Crippen molar-refractivity contribution in [3.63, 3.8) is 0 Å². The third-order valence-electron chi connectivity index (χ3n) is 4.40. The Morgan fingerprint density at radius 2 is 1.59 bits per heavy atom. The van der Waals surface area contributed by atoms with Gasteiger partial charge < -0.3 is 9.47 Å². The summed E-state index contributed by atoms with van der Waals surface area (Å²) in [5, 5.41) is 0. The molecule has 0 bridgehead atoms. The number of methoxy groups -OCH3 is 1. The van der Waals surface area contributed by atoms with Gasteiger partial charge in [-0.05, 0) is 58.4 Å². The van der Waals surface area contributed by atoms with E-state index < -0.39 is 5.97 Å². The topological polar surface area (TPSA) is 55.8 Å². The van der Waals surface area contributed by atoms with Crippen molar-refractivity contribution in [3.05, 3.63) is 76.8 Å². The molecule has 0 radical (unpaired) electrons. The Balaban J connectivity index is 1.57. The number of anilines is 2. The highest BCUT2D eigenvalue weighted by atomic mass is 79.9. The molecule has 4 rings (SSSR count). The fraction of sp³-hybridized carbons (Fsp3) is 0.0909. The largest absolute Gasteiger partial charge is 0.497 e. The summed E-state index contributed by atoms with van der Waals surface area (Å²) in [6.07, 6.45) is 0. The van der Waals surface area contributed by atoms with Crippen molar-refractivity contribution in [2.24, 2.45) is 0 Å². The van der Waals surface area contributed by atoms with E-state index in [-0.39, 0.29) is 12.5 Å². The molecule has 0 N–H and O–H groups in total. The molecular weight excluding hydrogens is 454 g/mol. The van der Waals surface area contributed by atoms with Gasteiger partial charge in [-0.2, -0.15) is 0 Å². The molecule has 0 atom stereocenters. The predicted octanol–water partition coefficient (Wildman–Crippen LogP) is 5.44. The van der Waals surface area contributed by atoms with Crippen LogP contribution < -0.4 is 9.64 Å². The van der Waals surface area contributed by atoms with Gasteiger partial charge in [-0.15, -0.1) is 0 Å². The number of ether oxygens (including phenoxy) is 2. The van der Waals surface area contributed by atoms with Gasteiger partial charge in [0.25, 0.3) is 5.91 Å². The zero-order valence-corrected chi connectivity index (χ0v) is 17.8. The van der Waals surface area contributed by atoms with Gasteiger partial charge in [0.1, 0.15) is 5.75 Å². The number of halogens is 1. The van der Waals surface area contributed by atoms with E-state index in [1.54, 1.807) is 34.9 Å². The van der Waals surface area contributed by atoms with Crippen molar-refractivity contribution in [3.8, 4) is 5.75 Å². The predicted molar refractivity (Wildman–Crippen MR) is 115 cm³/mol. The highest BCUT2D eigenvalue weighted by Gasteiger charge is 2.28. The second-order valence-corrected chi connectivity index (χ2v) is 8.13. The summed E-state index contributed by atoms with van der Waals surface area (Å²) in [6.45, 7) is -0.379. The van der Waals surface area contributed by atoms with Crippen LogP contribution in [-0.2, 0) is 9.53 Å². The van der Waals surface area contributed by atoms with Crippen LogP contribution in [0.15, 0.2) is 81.0 Å². The van der Waals surface area contributed by atoms with Crippen LogP contribution >= 0.6 is 27.7 Å². The Labute approximate surface area is 180 Å². The lowest BCUT2D eigenvalue weighted by atomic mass is 10.2. The van der Waals surface area contributed by atoms with Crippen molar-refractivity contribution in [2.75, 3.05) is 18.6 Å². The number of esters is 1. The third kappa shape index (κ3) is 3.88. The van der Waals surface area contributed by atoms with E-state index in [0.717, 1.165) is 21.2 Å². The molecule has 0 aromatic heterocycles. The molecule has 0 saturated carbocycles. The number of benzene rings is 3. The summed E-state index contributed by atoms with van der Waals surface area (Å²) >= 11 is 4.94. The Kier molecular flexibility index (Phi) is 5.60. The van der Waals surface area contributed by atoms with Crippen LogP contribution in [0.2, 0.25) is 0 Å². The maximum absolute atomic E-state index is 13.1. The molecule has 3 aromatic carbocycles. The van der Waals surface area contributed by atoms with Crippen LogP contribution in [0.25, 0.3) is 0 Å². The smallest absolute Gasteiger partial charge is 0.339 e. The second kappa shape index (κ2) is 8.31. The van der Waals surface area contributed by atoms with Crippen molar-refractivity contribution >= 4 is 50.9 Å². The SMILES string of the molecule is COc1ccc(Br)c(C(=O)OCC(=O)N2c3ccccc3Sc3ccccc32)c1. The molecule has 29 heavy (non-hydrogen) atoms. The summed E-state index contributed by atoms with van der Waals surface area (Å²) in [7, 11) is 1.52. The third-order valence-corrected chi connectivity index (χ3v) is 6.22. The standard InChI is InChI=1S/C22H16BrNO4S/c1-27-14-10-11-16(23)15(12-14)22(26)28-13-21(25)24-17-6-2-4-8-19(17)29-20-9-5-3-7-18(20)24/h2-12H,13H2,1H3. The fourth-order valence-corrected chi connectivity index (χ4v) is 4.50. The normalized spacial score (nSPS) is 12.0. The maximum Gasteiger partial charge on any atom is 0.339 e. The van der Waals surface area contributed by atoms with E-state index in [2.05, 4.69) is 15.9 Å². The van der Waals surface area contributed by atoms with Gasteiger partial charge in [-0.25, -0.2) is 4.79 Å². The van der Waals surface area contributed by atoms with Gasteiger partial charge in [-0.1, -0.05) is 36.0 Å². The molecule has 1 aliphatic rings. The van der Waals surface area contributed by atoms with E-state index in [4.69, 9.17) is 9.47 Å². The highest BCUT2D eigenvalue weighted by Crippen LogP contribution is 2.47. The van der Waals surface area contributed by atoms with Crippen molar-refractivity contribution in [1.82, 2.24) is 0 Å². The number of hydrogen-bond donors (Lipinski definition) is 0. The molecule has 7 heteroatoms. The number of nitrogens with zero attached hydrogens (tertiary/aromatic N) is 1. The first-order chi connectivity index (χ1) is 14.1. The summed E-state index contributed by atoms with van der Waals surface area (Å²) in [6, 6.07) is 20.3. The minimum Gasteiger partial charge on any atom is -0.497 e. The molecule has 5 nitrogen and oxygen atoms in total. The Hall–Kier alpha value is -2.77. The van der Waals surface area contributed by atoms with Crippen LogP contribution in [0.1, 0.15) is 10.4 Å². The molecule has 1 amide bonds. The van der Waals surface area contributed by atoms with E-state index in [1.165, 1.54) is 7.11 Å². The monoisotopic (exact) mass is 469 g/mol. The molecule has 3 aromatic rings. The van der Waals surface area contributed by atoms with Gasteiger partial charge in [-0.3, -0.25) is 9.69 Å². The molecule has 0 unspecified atom stereocenters. The first kappa shape index (κ1) is 19.5. The number of carbonyl (C=O) groups excluding carboxylic acids is 2. The number of amides is 1. The molecule has 0 spiro atoms. The first-order valence-electron chi connectivity index (χ1n) is 8.78. The first-order valence-corrected chi connectivity index (χ1v) is 10.4. The van der Waals surface area contributed by atoms with E-state index in [1.807, 2.05) is 48.5 Å². The molecule has 1 aliphatic heterocycles. The summed E-state index contributed by atoms with van der Waals surface area (Å²) in [5.74, 6) is -0.392. The minimum atomic E-state index is -0.600. The Morgan fingerprint density at radius 3 is 2.21 bits per heavy atom. The quantitative estimate of drug-likeness (QED) is 0.475. The average molecular weight is 470 g/mol. The molecule has 0 aliphatic carbocycles. The van der Waals surface area contributed by atoms with Gasteiger partial charge in [0.05, 0.1) is 24.0 Å². The molecule has 0 fully saturated rings. The number of para-hydroxylation sites is 2. The lowest BCUT2D eigenvalue weighted by Gasteiger charge is -2.30. The Morgan fingerprint density at radius 1 is 0.966 bits per heavy atom. The van der Waals surface area contributed by atoms with E-state index >= 15 is 0 Å². The van der Waals surface area contributed by atoms with Crippen molar-refractivity contribution < 1.29 is 19.1 Å². The minimum absolute atomic E-state index is 0.298. The fourth-order valence-electron chi connectivity index (χ4n) is 3.03. The second-order valence-electron chi connectivity index (χ2n) is 6.19. The van der Waals surface area contributed by atoms with Crippen LogP contribution in [0.4, 0.5) is 11.4 Å². The number of carbonyl (C=O) groups is 2. The van der Waals surface area contributed by atoms with Gasteiger partial charge >= 0.3 is 5.97 Å². The zero-order chi connectivity index (χ0) is 20.4. The Bertz CT molecular complexity index is 1060. The lowest BCUT2D eigenvalue weighted by molar-refractivity contribution is -0.121. The number of hydrogen-bond acceptors (Lipinski definition) is 5. The molecular formula is C22H16BrNO4S. The van der Waals surface area contributed by atoms with Gasteiger partial charge in [0.15, 0.2) is 6.61 Å². The molecule has 1 heterocycles. The van der Waals surface area contributed by atoms with Crippen molar-refractivity contribution in [1.29, 1.82) is 0 Å². The van der Waals surface area contributed by atoms with E-state index in [0.29, 0.717) is 15.8 Å². The summed E-state index contributed by atoms with van der Waals surface area (Å²) < 4.78 is 11.1. The lowest BCUT2D eigenvalue weighted by Crippen LogP contribution is -2.32. The van der Waals surface area contributed by atoms with Crippen LogP contribution in [0, 0.1) is 0 Å². The van der Waals surface area contributed by atoms with Crippen molar-refractivity contribution in [2.45, 2.75) is 9.79 Å². The number of rotatable bonds is 4. The average Bonchev–Trinajstić information content (AvgIpc) is 2.75. The zero-order valence-electron chi connectivity index (χ0n) is 15.4. The summed E-state index contributed by atoms with van der Waals surface area (Å²) in [4.78, 5) is 29.2. The van der Waals surface area contributed by atoms with Crippen LogP contribution in [0.5, 0.6) is 5.75 Å². The maximum atomic E-state index is 13.1. The van der Waals surface area contributed by atoms with Crippen LogP contribution in [0.3, 0.4) is 0 Å². The highest BCUT2D eigenvalue weighted by molar-refractivity contribution is 9.10. The molecule has 0 saturated heterocycles.